The molecule has 0 unspecified atom stereocenters. The van der Waals surface area contributed by atoms with Crippen molar-refractivity contribution in [3.05, 3.63) is 24.0 Å². The molecule has 0 atom stereocenters. The predicted octanol–water partition coefficient (Wildman–Crippen LogP) is 2.43. The largest absolute Gasteiger partial charge is 0.490 e. The van der Waals surface area contributed by atoms with Crippen LogP contribution in [0.2, 0.25) is 0 Å². The van der Waals surface area contributed by atoms with Crippen molar-refractivity contribution in [1.29, 1.82) is 0 Å². The summed E-state index contributed by atoms with van der Waals surface area (Å²) in [6.07, 6.45) is 8.17. The molecule has 2 N–H and O–H groups in total. The molecule has 16 heavy (non-hydrogen) atoms. The van der Waals surface area contributed by atoms with Crippen molar-refractivity contribution >= 4 is 17.2 Å². The highest BCUT2D eigenvalue weighted by Gasteiger charge is 2.15. The van der Waals surface area contributed by atoms with Gasteiger partial charge < -0.3 is 10.5 Å². The summed E-state index contributed by atoms with van der Waals surface area (Å²) >= 11 is 4.89. The smallest absolute Gasteiger partial charge is 0.123 e. The van der Waals surface area contributed by atoms with Crippen LogP contribution in [-0.4, -0.2) is 16.1 Å². The summed E-state index contributed by atoms with van der Waals surface area (Å²) in [6, 6.07) is 3.67. The molecule has 1 aliphatic carbocycles. The van der Waals surface area contributed by atoms with Gasteiger partial charge in [0.15, 0.2) is 0 Å². The molecule has 0 radical (unpaired) electrons. The molecule has 1 aromatic rings. The SMILES string of the molecule is NC(=S)c1cc(OC2CCCCC2)ccn1. The van der Waals surface area contributed by atoms with Crippen molar-refractivity contribution in [1.82, 2.24) is 4.98 Å². The van der Waals surface area contributed by atoms with Crippen LogP contribution in [-0.2, 0) is 0 Å². The van der Waals surface area contributed by atoms with Crippen LogP contribution in [0.5, 0.6) is 5.75 Å². The van der Waals surface area contributed by atoms with Crippen molar-refractivity contribution in [3.63, 3.8) is 0 Å². The van der Waals surface area contributed by atoms with Crippen LogP contribution in [0.25, 0.3) is 0 Å². The molecule has 1 aliphatic rings. The zero-order chi connectivity index (χ0) is 11.4. The minimum Gasteiger partial charge on any atom is -0.490 e. The molecule has 1 saturated carbocycles. The molecule has 1 aromatic heterocycles. The van der Waals surface area contributed by atoms with Crippen LogP contribution in [0, 0.1) is 0 Å². The first-order chi connectivity index (χ1) is 7.75. The number of aromatic nitrogens is 1. The van der Waals surface area contributed by atoms with Gasteiger partial charge in [0.2, 0.25) is 0 Å². The normalized spacial score (nSPS) is 17.0. The maximum Gasteiger partial charge on any atom is 0.123 e. The zero-order valence-electron chi connectivity index (χ0n) is 9.19. The van der Waals surface area contributed by atoms with Crippen molar-refractivity contribution in [2.75, 3.05) is 0 Å². The molecule has 4 heteroatoms. The molecule has 3 nitrogen and oxygen atoms in total. The van der Waals surface area contributed by atoms with Crippen molar-refractivity contribution in [3.8, 4) is 5.75 Å². The predicted molar refractivity (Wildman–Crippen MR) is 67.6 cm³/mol. The Morgan fingerprint density at radius 1 is 1.38 bits per heavy atom. The Morgan fingerprint density at radius 3 is 2.81 bits per heavy atom. The lowest BCUT2D eigenvalue weighted by molar-refractivity contribution is 0.155. The molecule has 0 aromatic carbocycles. The van der Waals surface area contributed by atoms with E-state index in [9.17, 15) is 0 Å². The van der Waals surface area contributed by atoms with E-state index < -0.39 is 0 Å². The minimum absolute atomic E-state index is 0.314. The average molecular weight is 236 g/mol. The number of nitrogens with zero attached hydrogens (tertiary/aromatic N) is 1. The second-order valence-electron chi connectivity index (χ2n) is 4.12. The summed E-state index contributed by atoms with van der Waals surface area (Å²) in [5, 5.41) is 0. The van der Waals surface area contributed by atoms with Gasteiger partial charge in [0, 0.05) is 12.3 Å². The number of hydrogen-bond donors (Lipinski definition) is 1. The topological polar surface area (TPSA) is 48.1 Å². The average Bonchev–Trinajstić information content (AvgIpc) is 2.30. The Balaban J connectivity index is 2.02. The highest BCUT2D eigenvalue weighted by atomic mass is 32.1. The Morgan fingerprint density at radius 2 is 2.12 bits per heavy atom. The van der Waals surface area contributed by atoms with E-state index in [4.69, 9.17) is 22.7 Å². The van der Waals surface area contributed by atoms with Gasteiger partial charge in [-0.05, 0) is 31.7 Å². The molecule has 0 saturated heterocycles. The first-order valence-electron chi connectivity index (χ1n) is 5.68. The monoisotopic (exact) mass is 236 g/mol. The van der Waals surface area contributed by atoms with Gasteiger partial charge in [0.25, 0.3) is 0 Å². The second kappa shape index (κ2) is 5.25. The van der Waals surface area contributed by atoms with Crippen LogP contribution in [0.15, 0.2) is 18.3 Å². The van der Waals surface area contributed by atoms with Crippen molar-refractivity contribution < 1.29 is 4.74 Å². The molecule has 1 fully saturated rings. The van der Waals surface area contributed by atoms with E-state index in [0.717, 1.165) is 18.6 Å². The van der Waals surface area contributed by atoms with Gasteiger partial charge in [-0.3, -0.25) is 4.98 Å². The lowest BCUT2D eigenvalue weighted by Crippen LogP contribution is -2.20. The van der Waals surface area contributed by atoms with Gasteiger partial charge in [-0.1, -0.05) is 18.6 Å². The van der Waals surface area contributed by atoms with Gasteiger partial charge in [0.05, 0.1) is 6.10 Å². The zero-order valence-corrected chi connectivity index (χ0v) is 10.0. The maximum atomic E-state index is 5.89. The molecule has 0 amide bonds. The highest BCUT2D eigenvalue weighted by Crippen LogP contribution is 2.23. The van der Waals surface area contributed by atoms with E-state index in [2.05, 4.69) is 4.98 Å². The minimum atomic E-state index is 0.314. The number of rotatable bonds is 3. The quantitative estimate of drug-likeness (QED) is 0.819. The molecule has 1 heterocycles. The van der Waals surface area contributed by atoms with Crippen LogP contribution < -0.4 is 10.5 Å². The first-order valence-corrected chi connectivity index (χ1v) is 6.09. The van der Waals surface area contributed by atoms with E-state index >= 15 is 0 Å². The number of ether oxygens (including phenoxy) is 1. The Labute approximate surface area is 101 Å². The molecule has 0 bridgehead atoms. The molecule has 86 valence electrons. The number of hydrogen-bond acceptors (Lipinski definition) is 3. The summed E-state index contributed by atoms with van der Waals surface area (Å²) in [7, 11) is 0. The van der Waals surface area contributed by atoms with E-state index in [-0.39, 0.29) is 0 Å². The fourth-order valence-electron chi connectivity index (χ4n) is 1.99. The lowest BCUT2D eigenvalue weighted by Gasteiger charge is -2.23. The van der Waals surface area contributed by atoms with Gasteiger partial charge in [-0.25, -0.2) is 0 Å². The van der Waals surface area contributed by atoms with E-state index in [1.807, 2.05) is 12.1 Å². The summed E-state index contributed by atoms with van der Waals surface area (Å²) in [6.45, 7) is 0. The first kappa shape index (κ1) is 11.3. The van der Waals surface area contributed by atoms with Gasteiger partial charge in [-0.15, -0.1) is 0 Å². The molecule has 0 spiro atoms. The van der Waals surface area contributed by atoms with E-state index in [0.29, 0.717) is 16.8 Å². The Bertz CT molecular complexity index is 375. The molecular weight excluding hydrogens is 220 g/mol. The molecular formula is C12H16N2OS. The summed E-state index contributed by atoms with van der Waals surface area (Å²) in [5.74, 6) is 0.824. The number of thiocarbonyl (C=S) groups is 1. The van der Waals surface area contributed by atoms with Crippen LogP contribution in [0.1, 0.15) is 37.8 Å². The van der Waals surface area contributed by atoms with Crippen molar-refractivity contribution in [2.45, 2.75) is 38.2 Å². The van der Waals surface area contributed by atoms with Crippen LogP contribution >= 0.6 is 12.2 Å². The summed E-state index contributed by atoms with van der Waals surface area (Å²) in [4.78, 5) is 4.40. The standard InChI is InChI=1S/C12H16N2OS/c13-12(16)11-8-10(6-7-14-11)15-9-4-2-1-3-5-9/h6-9H,1-5H2,(H2,13,16). The van der Waals surface area contributed by atoms with Crippen LogP contribution in [0.4, 0.5) is 0 Å². The maximum absolute atomic E-state index is 5.89. The molecule has 2 rings (SSSR count). The second-order valence-corrected chi connectivity index (χ2v) is 4.56. The molecule has 0 aliphatic heterocycles. The number of pyridine rings is 1. The van der Waals surface area contributed by atoms with E-state index in [1.54, 1.807) is 6.20 Å². The third kappa shape index (κ3) is 2.92. The van der Waals surface area contributed by atoms with Crippen molar-refractivity contribution in [2.24, 2.45) is 5.73 Å². The highest BCUT2D eigenvalue weighted by molar-refractivity contribution is 7.80. The third-order valence-corrected chi connectivity index (χ3v) is 3.05. The van der Waals surface area contributed by atoms with Crippen LogP contribution in [0.3, 0.4) is 0 Å². The fraction of sp³-hybridized carbons (Fsp3) is 0.500. The fourth-order valence-corrected chi connectivity index (χ4v) is 2.11. The number of nitrogens with two attached hydrogens (primary N) is 1. The third-order valence-electron chi connectivity index (χ3n) is 2.84. The summed E-state index contributed by atoms with van der Waals surface area (Å²) < 4.78 is 5.89. The Hall–Kier alpha value is -1.16. The lowest BCUT2D eigenvalue weighted by atomic mass is 9.98. The van der Waals surface area contributed by atoms with E-state index in [1.165, 1.54) is 19.3 Å². The van der Waals surface area contributed by atoms with Gasteiger partial charge in [0.1, 0.15) is 16.4 Å². The Kier molecular flexibility index (Phi) is 3.72. The van der Waals surface area contributed by atoms with Gasteiger partial charge in [-0.2, -0.15) is 0 Å². The summed E-state index contributed by atoms with van der Waals surface area (Å²) in [5.41, 5.74) is 6.16. The van der Waals surface area contributed by atoms with Gasteiger partial charge >= 0.3 is 0 Å².